The van der Waals surface area contributed by atoms with Gasteiger partial charge in [-0.2, -0.15) is 0 Å². The summed E-state index contributed by atoms with van der Waals surface area (Å²) in [5.74, 6) is 2.69. The van der Waals surface area contributed by atoms with Crippen LogP contribution >= 0.6 is 0 Å². The van der Waals surface area contributed by atoms with Crippen LogP contribution in [0.1, 0.15) is 86.0 Å². The van der Waals surface area contributed by atoms with Crippen molar-refractivity contribution >= 4 is 5.78 Å². The van der Waals surface area contributed by atoms with Crippen molar-refractivity contribution in [3.8, 4) is 0 Å². The van der Waals surface area contributed by atoms with Crippen LogP contribution in [0.15, 0.2) is 11.6 Å². The van der Waals surface area contributed by atoms with Crippen molar-refractivity contribution in [2.45, 2.75) is 104 Å². The maximum Gasteiger partial charge on any atom is 0.181 e. The van der Waals surface area contributed by atoms with Crippen molar-refractivity contribution in [1.29, 1.82) is 0 Å². The van der Waals surface area contributed by atoms with E-state index in [1.54, 1.807) is 12.5 Å². The second kappa shape index (κ2) is 7.40. The molecule has 184 valence electrons. The molecule has 1 N–H and O–H groups in total. The maximum absolute atomic E-state index is 12.7. The van der Waals surface area contributed by atoms with E-state index in [0.717, 1.165) is 43.9 Å². The first-order valence-electron chi connectivity index (χ1n) is 13.8. The Morgan fingerprint density at radius 3 is 2.67 bits per heavy atom. The number of carbonyl (C=O) groups is 1. The highest BCUT2D eigenvalue weighted by molar-refractivity contribution is 5.79. The van der Waals surface area contributed by atoms with E-state index in [-0.39, 0.29) is 40.7 Å². The lowest BCUT2D eigenvalue weighted by molar-refractivity contribution is -0.294. The van der Waals surface area contributed by atoms with Gasteiger partial charge >= 0.3 is 0 Å². The van der Waals surface area contributed by atoms with E-state index in [1.807, 2.05) is 0 Å². The maximum atomic E-state index is 12.7. The van der Waals surface area contributed by atoms with Gasteiger partial charge in [0.2, 0.25) is 0 Å². The zero-order valence-corrected chi connectivity index (χ0v) is 21.3. The Balaban J connectivity index is 1.30. The van der Waals surface area contributed by atoms with Crippen LogP contribution in [-0.4, -0.2) is 35.5 Å². The van der Waals surface area contributed by atoms with Crippen LogP contribution in [0.5, 0.6) is 0 Å². The molecule has 0 aromatic rings. The third-order valence-corrected chi connectivity index (χ3v) is 11.9. The highest BCUT2D eigenvalue weighted by Gasteiger charge is 2.70. The van der Waals surface area contributed by atoms with Gasteiger partial charge < -0.3 is 14.6 Å². The largest absolute Gasteiger partial charge is 0.393 e. The number of rotatable bonds is 1. The summed E-state index contributed by atoms with van der Waals surface area (Å²) in [4.78, 5) is 12.7. The predicted octanol–water partition coefficient (Wildman–Crippen LogP) is 5.53. The van der Waals surface area contributed by atoms with Crippen molar-refractivity contribution in [3.63, 3.8) is 0 Å². The molecule has 0 aromatic carbocycles. The van der Waals surface area contributed by atoms with Gasteiger partial charge in [-0.15, -0.1) is 0 Å². The molecule has 1 spiro atoms. The summed E-state index contributed by atoms with van der Waals surface area (Å²) in [5.41, 5.74) is 2.08. The molecule has 0 unspecified atom stereocenters. The fourth-order valence-electron chi connectivity index (χ4n) is 10.3. The van der Waals surface area contributed by atoms with Gasteiger partial charge in [-0.25, -0.2) is 0 Å². The van der Waals surface area contributed by atoms with Crippen molar-refractivity contribution in [1.82, 2.24) is 0 Å². The molecule has 2 heterocycles. The Bertz CT molecular complexity index is 866. The van der Waals surface area contributed by atoms with Crippen molar-refractivity contribution in [2.75, 3.05) is 6.61 Å². The Kier molecular flexibility index (Phi) is 5.10. The van der Waals surface area contributed by atoms with Gasteiger partial charge in [0.15, 0.2) is 5.79 Å². The minimum atomic E-state index is -0.705. The Morgan fingerprint density at radius 2 is 1.91 bits per heavy atom. The lowest BCUT2D eigenvalue weighted by atomic mass is 9.46. The standard InChI is InChI=1S/C29H44O4/c1-16-12-23(18(3)30)29(32-15-16)17(2)26-25(33-29)14-24-21-7-6-19-13-20(31)8-10-27(19,4)22(21)9-11-28(24,26)5/h6,16-17,20-26,31H,7-15H2,1-5H3/t16-,17+,20+,21-,22+,23-,24+,25+,26+,27+,28+,29+/m1/s1. The van der Waals surface area contributed by atoms with Crippen LogP contribution in [0, 0.1) is 52.3 Å². The van der Waals surface area contributed by atoms with Crippen molar-refractivity contribution in [3.05, 3.63) is 11.6 Å². The third kappa shape index (κ3) is 2.96. The van der Waals surface area contributed by atoms with E-state index < -0.39 is 5.79 Å². The van der Waals surface area contributed by atoms with Crippen LogP contribution in [-0.2, 0) is 14.3 Å². The molecule has 0 radical (unpaired) electrons. The Morgan fingerprint density at radius 1 is 1.12 bits per heavy atom. The van der Waals surface area contributed by atoms with Crippen LogP contribution in [0.4, 0.5) is 0 Å². The summed E-state index contributed by atoms with van der Waals surface area (Å²) in [6.45, 7) is 12.0. The van der Waals surface area contributed by atoms with Gasteiger partial charge in [-0.05, 0) is 98.7 Å². The highest BCUT2D eigenvalue weighted by atomic mass is 16.7. The topological polar surface area (TPSA) is 55.8 Å². The molecule has 6 rings (SSSR count). The fourth-order valence-corrected chi connectivity index (χ4v) is 10.3. The van der Waals surface area contributed by atoms with Gasteiger partial charge in [0.25, 0.3) is 0 Å². The molecule has 4 aliphatic carbocycles. The number of aliphatic hydroxyl groups is 1. The molecule has 2 aliphatic heterocycles. The van der Waals surface area contributed by atoms with Gasteiger partial charge in [-0.1, -0.05) is 39.3 Å². The molecule has 6 aliphatic rings. The van der Waals surface area contributed by atoms with Crippen molar-refractivity contribution in [2.24, 2.45) is 52.3 Å². The molecule has 0 amide bonds. The Labute approximate surface area is 199 Å². The second-order valence-electron chi connectivity index (χ2n) is 13.4. The van der Waals surface area contributed by atoms with Crippen molar-refractivity contribution < 1.29 is 19.4 Å². The van der Waals surface area contributed by atoms with E-state index in [9.17, 15) is 9.90 Å². The number of Topliss-reactive ketones (excluding diaryl/α,β-unsaturated/α-hetero) is 1. The van der Waals surface area contributed by atoms with E-state index >= 15 is 0 Å². The SMILES string of the molecule is CC(=O)[C@H]1C[C@@H](C)CO[C@@]12O[C@H]1C[C@H]3[C@@H]4CC=C5C[C@@H](O)CC[C@]5(C)[C@H]4CC[C@]3(C)[C@H]1[C@@H]2C. The summed E-state index contributed by atoms with van der Waals surface area (Å²) in [7, 11) is 0. The first kappa shape index (κ1) is 22.7. The number of fused-ring (bicyclic) bond motifs is 7. The zero-order valence-electron chi connectivity index (χ0n) is 21.3. The van der Waals surface area contributed by atoms with E-state index in [4.69, 9.17) is 9.47 Å². The lowest BCUT2D eigenvalue weighted by Crippen LogP contribution is -2.56. The first-order chi connectivity index (χ1) is 15.6. The van der Waals surface area contributed by atoms with Crippen LogP contribution in [0.2, 0.25) is 0 Å². The fraction of sp³-hybridized carbons (Fsp3) is 0.897. The summed E-state index contributed by atoms with van der Waals surface area (Å²) in [6, 6.07) is 0. The predicted molar refractivity (Wildman–Crippen MR) is 127 cm³/mol. The van der Waals surface area contributed by atoms with E-state index in [2.05, 4.69) is 33.8 Å². The van der Waals surface area contributed by atoms with Gasteiger partial charge in [0, 0.05) is 5.92 Å². The summed E-state index contributed by atoms with van der Waals surface area (Å²) in [5, 5.41) is 10.3. The monoisotopic (exact) mass is 456 g/mol. The number of hydrogen-bond donors (Lipinski definition) is 1. The summed E-state index contributed by atoms with van der Waals surface area (Å²) < 4.78 is 13.5. The molecule has 12 atom stereocenters. The minimum Gasteiger partial charge on any atom is -0.393 e. The first-order valence-corrected chi connectivity index (χ1v) is 13.8. The molecule has 4 nitrogen and oxygen atoms in total. The lowest BCUT2D eigenvalue weighted by Gasteiger charge is -2.58. The highest BCUT2D eigenvalue weighted by Crippen LogP contribution is 2.71. The van der Waals surface area contributed by atoms with Gasteiger partial charge in [0.05, 0.1) is 24.7 Å². The molecular weight excluding hydrogens is 412 g/mol. The number of carbonyl (C=O) groups excluding carboxylic acids is 1. The number of hydrogen-bond acceptors (Lipinski definition) is 4. The smallest absolute Gasteiger partial charge is 0.181 e. The molecule has 3 saturated carbocycles. The third-order valence-electron chi connectivity index (χ3n) is 11.9. The molecule has 0 aromatic heterocycles. The molecule has 33 heavy (non-hydrogen) atoms. The van der Waals surface area contributed by atoms with Gasteiger partial charge in [-0.3, -0.25) is 4.79 Å². The number of aliphatic hydroxyl groups excluding tert-OH is 1. The second-order valence-corrected chi connectivity index (χ2v) is 13.4. The molecule has 0 bridgehead atoms. The molecular formula is C29H44O4. The number of ketones is 1. The zero-order chi connectivity index (χ0) is 23.3. The van der Waals surface area contributed by atoms with Gasteiger partial charge in [0.1, 0.15) is 5.78 Å². The van der Waals surface area contributed by atoms with Crippen LogP contribution < -0.4 is 0 Å². The van der Waals surface area contributed by atoms with E-state index in [1.165, 1.54) is 19.3 Å². The average molecular weight is 457 g/mol. The summed E-state index contributed by atoms with van der Waals surface area (Å²) in [6.07, 6.45) is 11.3. The molecule has 2 saturated heterocycles. The van der Waals surface area contributed by atoms with E-state index in [0.29, 0.717) is 24.4 Å². The molecule has 4 heteroatoms. The normalized spacial score (nSPS) is 57.6. The summed E-state index contributed by atoms with van der Waals surface area (Å²) >= 11 is 0. The quantitative estimate of drug-likeness (QED) is 0.527. The average Bonchev–Trinajstić information content (AvgIpc) is 3.21. The van der Waals surface area contributed by atoms with Crippen LogP contribution in [0.25, 0.3) is 0 Å². The number of allylic oxidation sites excluding steroid dienone is 1. The van der Waals surface area contributed by atoms with Crippen LogP contribution in [0.3, 0.4) is 0 Å². The number of ether oxygens (including phenoxy) is 2. The Hall–Kier alpha value is -0.710. The molecule has 5 fully saturated rings. The minimum absolute atomic E-state index is 0.131.